The fourth-order valence-corrected chi connectivity index (χ4v) is 3.86. The minimum atomic E-state index is 0.334. The number of ether oxygens (including phenoxy) is 2. The Hall–Kier alpha value is -1.22. The first-order chi connectivity index (χ1) is 10.2. The van der Waals surface area contributed by atoms with Gasteiger partial charge in [-0.1, -0.05) is 32.6 Å². The topological polar surface area (TPSA) is 30.5 Å². The lowest BCUT2D eigenvalue weighted by Crippen LogP contribution is -2.32. The van der Waals surface area contributed by atoms with E-state index in [1.54, 1.807) is 14.2 Å². The highest BCUT2D eigenvalue weighted by molar-refractivity contribution is 5.42. The molecule has 0 radical (unpaired) electrons. The van der Waals surface area contributed by atoms with Gasteiger partial charge in [0.25, 0.3) is 0 Å². The van der Waals surface area contributed by atoms with Gasteiger partial charge in [0.15, 0.2) is 0 Å². The quantitative estimate of drug-likeness (QED) is 0.853. The van der Waals surface area contributed by atoms with Crippen molar-refractivity contribution in [3.63, 3.8) is 0 Å². The van der Waals surface area contributed by atoms with Gasteiger partial charge in [-0.3, -0.25) is 0 Å². The van der Waals surface area contributed by atoms with E-state index in [9.17, 15) is 0 Å². The molecule has 3 heteroatoms. The SMILES string of the molecule is CCC1CCCCC1C(NC)c1cc(OC)ccc1OC. The van der Waals surface area contributed by atoms with Crippen LogP contribution < -0.4 is 14.8 Å². The Bertz CT molecular complexity index is 447. The van der Waals surface area contributed by atoms with Crippen LogP contribution in [0.5, 0.6) is 11.5 Å². The molecule has 0 spiro atoms. The van der Waals surface area contributed by atoms with Crippen molar-refractivity contribution >= 4 is 0 Å². The zero-order valence-electron chi connectivity index (χ0n) is 13.8. The molecule has 0 amide bonds. The molecule has 3 unspecified atom stereocenters. The molecular formula is C18H29NO2. The van der Waals surface area contributed by atoms with Crippen molar-refractivity contribution in [1.82, 2.24) is 5.32 Å². The molecule has 1 aliphatic carbocycles. The molecule has 3 atom stereocenters. The summed E-state index contributed by atoms with van der Waals surface area (Å²) in [4.78, 5) is 0. The first-order valence-electron chi connectivity index (χ1n) is 8.14. The average Bonchev–Trinajstić information content (AvgIpc) is 2.55. The standard InChI is InChI=1S/C18H29NO2/c1-5-13-8-6-7-9-15(13)18(19-2)16-12-14(20-3)10-11-17(16)21-4/h10-13,15,18-19H,5-9H2,1-4H3. The number of hydrogen-bond donors (Lipinski definition) is 1. The zero-order chi connectivity index (χ0) is 15.2. The molecule has 1 fully saturated rings. The van der Waals surface area contributed by atoms with Crippen molar-refractivity contribution in [3.05, 3.63) is 23.8 Å². The summed E-state index contributed by atoms with van der Waals surface area (Å²) in [6.45, 7) is 2.32. The number of methoxy groups -OCH3 is 2. The third-order valence-corrected chi connectivity index (χ3v) is 5.00. The molecule has 1 aromatic rings. The summed E-state index contributed by atoms with van der Waals surface area (Å²) in [6.07, 6.45) is 6.62. The van der Waals surface area contributed by atoms with Crippen LogP contribution in [0.1, 0.15) is 50.6 Å². The molecule has 1 aliphatic rings. The van der Waals surface area contributed by atoms with Gasteiger partial charge in [0.05, 0.1) is 14.2 Å². The lowest BCUT2D eigenvalue weighted by Gasteiger charge is -2.37. The average molecular weight is 291 g/mol. The van der Waals surface area contributed by atoms with Crippen LogP contribution in [0.15, 0.2) is 18.2 Å². The Balaban J connectivity index is 2.35. The first-order valence-corrected chi connectivity index (χ1v) is 8.14. The minimum absolute atomic E-state index is 0.334. The van der Waals surface area contributed by atoms with Crippen LogP contribution in [-0.4, -0.2) is 21.3 Å². The van der Waals surface area contributed by atoms with Gasteiger partial charge in [-0.05, 0) is 43.5 Å². The second-order valence-corrected chi connectivity index (χ2v) is 5.99. The van der Waals surface area contributed by atoms with E-state index >= 15 is 0 Å². The highest BCUT2D eigenvalue weighted by Crippen LogP contribution is 2.43. The van der Waals surface area contributed by atoms with E-state index in [1.165, 1.54) is 37.7 Å². The smallest absolute Gasteiger partial charge is 0.123 e. The van der Waals surface area contributed by atoms with E-state index in [-0.39, 0.29) is 0 Å². The number of benzene rings is 1. The van der Waals surface area contributed by atoms with E-state index in [0.29, 0.717) is 12.0 Å². The van der Waals surface area contributed by atoms with E-state index in [4.69, 9.17) is 9.47 Å². The maximum Gasteiger partial charge on any atom is 0.123 e. The van der Waals surface area contributed by atoms with Crippen LogP contribution in [0.4, 0.5) is 0 Å². The van der Waals surface area contributed by atoms with Gasteiger partial charge >= 0.3 is 0 Å². The molecular weight excluding hydrogens is 262 g/mol. The Morgan fingerprint density at radius 1 is 1.19 bits per heavy atom. The number of nitrogens with one attached hydrogen (secondary N) is 1. The largest absolute Gasteiger partial charge is 0.497 e. The highest BCUT2D eigenvalue weighted by Gasteiger charge is 2.32. The van der Waals surface area contributed by atoms with Gasteiger partial charge in [-0.15, -0.1) is 0 Å². The fraction of sp³-hybridized carbons (Fsp3) is 0.667. The van der Waals surface area contributed by atoms with E-state index in [0.717, 1.165) is 17.4 Å². The molecule has 2 rings (SSSR count). The molecule has 0 saturated heterocycles. The van der Waals surface area contributed by atoms with Gasteiger partial charge < -0.3 is 14.8 Å². The van der Waals surface area contributed by atoms with Crippen molar-refractivity contribution in [2.75, 3.05) is 21.3 Å². The van der Waals surface area contributed by atoms with Crippen LogP contribution in [-0.2, 0) is 0 Å². The Morgan fingerprint density at radius 3 is 2.57 bits per heavy atom. The van der Waals surface area contributed by atoms with Gasteiger partial charge in [0, 0.05) is 11.6 Å². The zero-order valence-corrected chi connectivity index (χ0v) is 13.8. The Labute approximate surface area is 129 Å². The molecule has 21 heavy (non-hydrogen) atoms. The van der Waals surface area contributed by atoms with Crippen molar-refractivity contribution in [2.45, 2.75) is 45.1 Å². The molecule has 1 saturated carbocycles. The fourth-order valence-electron chi connectivity index (χ4n) is 3.86. The van der Waals surface area contributed by atoms with Gasteiger partial charge in [-0.25, -0.2) is 0 Å². The predicted octanol–water partition coefficient (Wildman–Crippen LogP) is 4.18. The number of rotatable bonds is 6. The van der Waals surface area contributed by atoms with Crippen LogP contribution >= 0.6 is 0 Å². The Morgan fingerprint density at radius 2 is 1.95 bits per heavy atom. The van der Waals surface area contributed by atoms with Crippen molar-refractivity contribution in [2.24, 2.45) is 11.8 Å². The summed E-state index contributed by atoms with van der Waals surface area (Å²) in [5.74, 6) is 3.33. The summed E-state index contributed by atoms with van der Waals surface area (Å²) in [6, 6.07) is 6.44. The van der Waals surface area contributed by atoms with Gasteiger partial charge in [-0.2, -0.15) is 0 Å². The van der Waals surface area contributed by atoms with E-state index in [1.807, 2.05) is 12.1 Å². The third kappa shape index (κ3) is 3.52. The van der Waals surface area contributed by atoms with E-state index in [2.05, 4.69) is 25.4 Å². The molecule has 0 heterocycles. The molecule has 0 aliphatic heterocycles. The van der Waals surface area contributed by atoms with Crippen LogP contribution in [0.25, 0.3) is 0 Å². The summed E-state index contributed by atoms with van der Waals surface area (Å²) in [5, 5.41) is 3.54. The Kier molecular flexibility index (Phi) is 5.92. The molecule has 3 nitrogen and oxygen atoms in total. The van der Waals surface area contributed by atoms with Gasteiger partial charge in [0.1, 0.15) is 11.5 Å². The second-order valence-electron chi connectivity index (χ2n) is 5.99. The summed E-state index contributed by atoms with van der Waals surface area (Å²) < 4.78 is 11.0. The normalized spacial score (nSPS) is 23.6. The lowest BCUT2D eigenvalue weighted by atomic mass is 9.72. The third-order valence-electron chi connectivity index (χ3n) is 5.00. The number of hydrogen-bond acceptors (Lipinski definition) is 3. The van der Waals surface area contributed by atoms with E-state index < -0.39 is 0 Å². The van der Waals surface area contributed by atoms with Crippen molar-refractivity contribution in [1.29, 1.82) is 0 Å². The van der Waals surface area contributed by atoms with Crippen LogP contribution in [0.3, 0.4) is 0 Å². The van der Waals surface area contributed by atoms with Crippen LogP contribution in [0.2, 0.25) is 0 Å². The van der Waals surface area contributed by atoms with Crippen molar-refractivity contribution in [3.8, 4) is 11.5 Å². The summed E-state index contributed by atoms with van der Waals surface area (Å²) >= 11 is 0. The molecule has 1 N–H and O–H groups in total. The maximum absolute atomic E-state index is 5.59. The minimum Gasteiger partial charge on any atom is -0.497 e. The highest BCUT2D eigenvalue weighted by atomic mass is 16.5. The molecule has 0 bridgehead atoms. The summed E-state index contributed by atoms with van der Waals surface area (Å²) in [5.41, 5.74) is 1.23. The monoisotopic (exact) mass is 291 g/mol. The maximum atomic E-state index is 5.59. The molecule has 1 aromatic carbocycles. The molecule has 118 valence electrons. The lowest BCUT2D eigenvalue weighted by molar-refractivity contribution is 0.178. The second kappa shape index (κ2) is 7.69. The molecule has 0 aromatic heterocycles. The first kappa shape index (κ1) is 16.2. The predicted molar refractivity (Wildman–Crippen MR) is 87.1 cm³/mol. The van der Waals surface area contributed by atoms with Crippen molar-refractivity contribution < 1.29 is 9.47 Å². The van der Waals surface area contributed by atoms with Gasteiger partial charge in [0.2, 0.25) is 0 Å². The summed E-state index contributed by atoms with van der Waals surface area (Å²) in [7, 11) is 5.52. The van der Waals surface area contributed by atoms with Crippen LogP contribution in [0, 0.1) is 11.8 Å².